The maximum absolute atomic E-state index is 11.3. The van der Waals surface area contributed by atoms with Crippen LogP contribution in [0.25, 0.3) is 0 Å². The first-order valence-corrected chi connectivity index (χ1v) is 6.92. The van der Waals surface area contributed by atoms with Gasteiger partial charge < -0.3 is 4.90 Å². The predicted octanol–water partition coefficient (Wildman–Crippen LogP) is 4.42. The number of anilines is 1. The van der Waals surface area contributed by atoms with Gasteiger partial charge in [-0.1, -0.05) is 31.9 Å². The molecule has 0 saturated heterocycles. The van der Waals surface area contributed by atoms with Gasteiger partial charge in [0.15, 0.2) is 5.78 Å². The minimum Gasteiger partial charge on any atom is -0.370 e. The van der Waals surface area contributed by atoms with Crippen LogP contribution in [0.5, 0.6) is 0 Å². The molecular formula is C15H22ClNO. The molecule has 0 aliphatic rings. The Bertz CT molecular complexity index is 417. The third kappa shape index (κ3) is 3.74. The van der Waals surface area contributed by atoms with Crippen molar-refractivity contribution in [2.75, 3.05) is 18.0 Å². The summed E-state index contributed by atoms with van der Waals surface area (Å²) in [4.78, 5) is 13.6. The van der Waals surface area contributed by atoms with Crippen molar-refractivity contribution < 1.29 is 4.79 Å². The van der Waals surface area contributed by atoms with Gasteiger partial charge in [0.05, 0.1) is 10.7 Å². The van der Waals surface area contributed by atoms with Crippen molar-refractivity contribution >= 4 is 23.1 Å². The molecule has 100 valence electrons. The van der Waals surface area contributed by atoms with E-state index < -0.39 is 0 Å². The molecule has 0 saturated carbocycles. The Kier molecular flexibility index (Phi) is 5.67. The van der Waals surface area contributed by atoms with Gasteiger partial charge >= 0.3 is 0 Å². The lowest BCUT2D eigenvalue weighted by atomic mass is 10.1. The van der Waals surface area contributed by atoms with E-state index in [2.05, 4.69) is 25.7 Å². The summed E-state index contributed by atoms with van der Waals surface area (Å²) < 4.78 is 0. The van der Waals surface area contributed by atoms with E-state index in [9.17, 15) is 4.79 Å². The molecule has 1 aromatic rings. The standard InChI is InChI=1S/C15H22ClNO/c1-5-11(3)10-17(6-2)15-8-7-13(12(4)18)9-14(15)16/h7-9,11H,5-6,10H2,1-4H3. The second-order valence-electron chi connectivity index (χ2n) is 4.77. The van der Waals surface area contributed by atoms with Crippen molar-refractivity contribution in [1.82, 2.24) is 0 Å². The van der Waals surface area contributed by atoms with Crippen molar-refractivity contribution in [3.63, 3.8) is 0 Å². The summed E-state index contributed by atoms with van der Waals surface area (Å²) in [6.07, 6.45) is 1.15. The molecule has 0 spiro atoms. The lowest BCUT2D eigenvalue weighted by molar-refractivity contribution is 0.101. The number of hydrogen-bond donors (Lipinski definition) is 0. The highest BCUT2D eigenvalue weighted by Gasteiger charge is 2.12. The fourth-order valence-corrected chi connectivity index (χ4v) is 2.19. The van der Waals surface area contributed by atoms with Gasteiger partial charge in [-0.25, -0.2) is 0 Å². The van der Waals surface area contributed by atoms with Crippen LogP contribution in [0.1, 0.15) is 44.5 Å². The Balaban J connectivity index is 2.96. The molecule has 0 radical (unpaired) electrons. The van der Waals surface area contributed by atoms with Crippen LogP contribution in [0, 0.1) is 5.92 Å². The Morgan fingerprint density at radius 1 is 1.39 bits per heavy atom. The highest BCUT2D eigenvalue weighted by molar-refractivity contribution is 6.33. The summed E-state index contributed by atoms with van der Waals surface area (Å²) in [6, 6.07) is 5.56. The SMILES string of the molecule is CCC(C)CN(CC)c1ccc(C(C)=O)cc1Cl. The molecule has 1 atom stereocenters. The zero-order chi connectivity index (χ0) is 13.7. The van der Waals surface area contributed by atoms with E-state index in [4.69, 9.17) is 11.6 Å². The third-order valence-corrected chi connectivity index (χ3v) is 3.61. The Labute approximate surface area is 115 Å². The zero-order valence-electron chi connectivity index (χ0n) is 11.7. The zero-order valence-corrected chi connectivity index (χ0v) is 12.4. The maximum Gasteiger partial charge on any atom is 0.159 e. The first-order chi connectivity index (χ1) is 8.49. The summed E-state index contributed by atoms with van der Waals surface area (Å²) in [6.45, 7) is 10.0. The lowest BCUT2D eigenvalue weighted by Gasteiger charge is -2.27. The molecule has 0 aliphatic carbocycles. The van der Waals surface area contributed by atoms with Crippen molar-refractivity contribution in [2.45, 2.75) is 34.1 Å². The topological polar surface area (TPSA) is 20.3 Å². The van der Waals surface area contributed by atoms with Gasteiger partial charge in [0.25, 0.3) is 0 Å². The Morgan fingerprint density at radius 2 is 2.06 bits per heavy atom. The minimum absolute atomic E-state index is 0.0495. The van der Waals surface area contributed by atoms with E-state index in [1.54, 1.807) is 13.0 Å². The largest absolute Gasteiger partial charge is 0.370 e. The summed E-state index contributed by atoms with van der Waals surface area (Å²) >= 11 is 6.28. The van der Waals surface area contributed by atoms with E-state index in [-0.39, 0.29) is 5.78 Å². The van der Waals surface area contributed by atoms with E-state index in [1.807, 2.05) is 12.1 Å². The van der Waals surface area contributed by atoms with E-state index in [1.165, 1.54) is 0 Å². The van der Waals surface area contributed by atoms with Crippen LogP contribution >= 0.6 is 11.6 Å². The average Bonchev–Trinajstić information content (AvgIpc) is 2.35. The fourth-order valence-electron chi connectivity index (χ4n) is 1.89. The highest BCUT2D eigenvalue weighted by atomic mass is 35.5. The van der Waals surface area contributed by atoms with Gasteiger partial charge in [-0.2, -0.15) is 0 Å². The predicted molar refractivity (Wildman–Crippen MR) is 78.8 cm³/mol. The van der Waals surface area contributed by atoms with Crippen LogP contribution in [-0.2, 0) is 0 Å². The summed E-state index contributed by atoms with van der Waals surface area (Å²) in [7, 11) is 0. The highest BCUT2D eigenvalue weighted by Crippen LogP contribution is 2.28. The number of carbonyl (C=O) groups excluding carboxylic acids is 1. The number of ketones is 1. The van der Waals surface area contributed by atoms with Crippen LogP contribution in [0.3, 0.4) is 0 Å². The smallest absolute Gasteiger partial charge is 0.159 e. The number of halogens is 1. The molecule has 18 heavy (non-hydrogen) atoms. The molecule has 2 nitrogen and oxygen atoms in total. The molecule has 0 aliphatic heterocycles. The van der Waals surface area contributed by atoms with Crippen molar-refractivity contribution in [1.29, 1.82) is 0 Å². The first-order valence-electron chi connectivity index (χ1n) is 6.55. The van der Waals surface area contributed by atoms with Crippen LogP contribution in [-0.4, -0.2) is 18.9 Å². The fraction of sp³-hybridized carbons (Fsp3) is 0.533. The second-order valence-corrected chi connectivity index (χ2v) is 5.18. The molecule has 1 rings (SSSR count). The molecule has 0 N–H and O–H groups in total. The quantitative estimate of drug-likeness (QED) is 0.712. The summed E-state index contributed by atoms with van der Waals surface area (Å²) in [5.74, 6) is 0.682. The number of carbonyl (C=O) groups is 1. The Hall–Kier alpha value is -1.02. The molecule has 0 amide bonds. The molecule has 1 unspecified atom stereocenters. The monoisotopic (exact) mass is 267 g/mol. The first kappa shape index (κ1) is 15.0. The minimum atomic E-state index is 0.0495. The average molecular weight is 268 g/mol. The Morgan fingerprint density at radius 3 is 2.50 bits per heavy atom. The number of nitrogens with zero attached hydrogens (tertiary/aromatic N) is 1. The van der Waals surface area contributed by atoms with Crippen LogP contribution in [0.15, 0.2) is 18.2 Å². The van der Waals surface area contributed by atoms with Crippen molar-refractivity contribution in [3.05, 3.63) is 28.8 Å². The van der Waals surface area contributed by atoms with E-state index >= 15 is 0 Å². The van der Waals surface area contributed by atoms with Gasteiger partial charge in [0.2, 0.25) is 0 Å². The molecule has 0 aromatic heterocycles. The number of Topliss-reactive ketones (excluding diaryl/α,β-unsaturated/α-hetero) is 1. The van der Waals surface area contributed by atoms with E-state index in [0.29, 0.717) is 16.5 Å². The summed E-state index contributed by atoms with van der Waals surface area (Å²) in [5.41, 5.74) is 1.69. The number of benzene rings is 1. The maximum atomic E-state index is 11.3. The molecule has 0 bridgehead atoms. The summed E-state index contributed by atoms with van der Waals surface area (Å²) in [5, 5.41) is 0.660. The molecular weight excluding hydrogens is 246 g/mol. The number of rotatable bonds is 6. The van der Waals surface area contributed by atoms with Gasteiger partial charge in [-0.15, -0.1) is 0 Å². The lowest BCUT2D eigenvalue weighted by Crippen LogP contribution is -2.28. The molecule has 0 fully saturated rings. The van der Waals surface area contributed by atoms with Crippen LogP contribution in [0.2, 0.25) is 5.02 Å². The molecule has 3 heteroatoms. The van der Waals surface area contributed by atoms with Gasteiger partial charge in [0, 0.05) is 18.7 Å². The second kappa shape index (κ2) is 6.79. The number of hydrogen-bond acceptors (Lipinski definition) is 2. The molecule has 0 heterocycles. The van der Waals surface area contributed by atoms with Crippen molar-refractivity contribution in [3.8, 4) is 0 Å². The van der Waals surface area contributed by atoms with Gasteiger partial charge in [-0.05, 0) is 38.0 Å². The third-order valence-electron chi connectivity index (χ3n) is 3.31. The van der Waals surface area contributed by atoms with Crippen LogP contribution < -0.4 is 4.90 Å². The van der Waals surface area contributed by atoms with Gasteiger partial charge in [0.1, 0.15) is 0 Å². The van der Waals surface area contributed by atoms with Gasteiger partial charge in [-0.3, -0.25) is 4.79 Å². The van der Waals surface area contributed by atoms with Crippen LogP contribution in [0.4, 0.5) is 5.69 Å². The van der Waals surface area contributed by atoms with E-state index in [0.717, 1.165) is 25.2 Å². The van der Waals surface area contributed by atoms with Crippen molar-refractivity contribution in [2.24, 2.45) is 5.92 Å². The molecule has 1 aromatic carbocycles. The normalized spacial score (nSPS) is 12.3.